The third-order valence-corrected chi connectivity index (χ3v) is 2.97. The quantitative estimate of drug-likeness (QED) is 0.889. The largest absolute Gasteiger partial charge is 0.353 e. The Bertz CT molecular complexity index is 499. The van der Waals surface area contributed by atoms with E-state index in [1.807, 2.05) is 18.2 Å². The highest BCUT2D eigenvalue weighted by molar-refractivity contribution is 9.10. The average Bonchev–Trinajstić information content (AvgIpc) is 2.40. The first-order valence-corrected chi connectivity index (χ1v) is 6.57. The number of nitrogens with one attached hydrogen (secondary N) is 1. The van der Waals surface area contributed by atoms with Crippen LogP contribution >= 0.6 is 15.9 Å². The number of nitrogens with two attached hydrogens (primary N) is 1. The van der Waals surface area contributed by atoms with Crippen LogP contribution in [-0.4, -0.2) is 23.1 Å². The van der Waals surface area contributed by atoms with Crippen molar-refractivity contribution in [2.45, 2.75) is 6.42 Å². The molecule has 18 heavy (non-hydrogen) atoms. The minimum absolute atomic E-state index is 0.570. The van der Waals surface area contributed by atoms with Crippen molar-refractivity contribution in [1.82, 2.24) is 9.97 Å². The molecule has 0 fully saturated rings. The molecule has 1 aromatic heterocycles. The van der Waals surface area contributed by atoms with E-state index in [1.54, 1.807) is 6.20 Å². The minimum atomic E-state index is 0.570. The predicted octanol–water partition coefficient (Wildman–Crippen LogP) is 2.20. The lowest BCUT2D eigenvalue weighted by Crippen LogP contribution is -2.15. The van der Waals surface area contributed by atoms with E-state index in [0.717, 1.165) is 16.6 Å². The molecule has 2 rings (SSSR count). The van der Waals surface area contributed by atoms with Crippen LogP contribution in [0.3, 0.4) is 0 Å². The van der Waals surface area contributed by atoms with Crippen molar-refractivity contribution < 1.29 is 0 Å². The summed E-state index contributed by atoms with van der Waals surface area (Å²) < 4.78 is 1.08. The van der Waals surface area contributed by atoms with Crippen LogP contribution in [0.5, 0.6) is 0 Å². The molecule has 0 bridgehead atoms. The standard InChI is InChI=1S/C13H15BrN4/c14-11-3-1-10(2-4-11)9-12-5-7-16-13(18-12)17-8-6-15/h1-5,7H,6,8-9,15H2,(H,16,17,18). The maximum absolute atomic E-state index is 5.43. The van der Waals surface area contributed by atoms with Crippen molar-refractivity contribution in [3.63, 3.8) is 0 Å². The second-order valence-corrected chi connectivity index (χ2v) is 4.81. The molecule has 0 atom stereocenters. The van der Waals surface area contributed by atoms with Gasteiger partial charge in [0.15, 0.2) is 0 Å². The second kappa shape index (κ2) is 6.47. The number of rotatable bonds is 5. The highest BCUT2D eigenvalue weighted by Crippen LogP contribution is 2.13. The summed E-state index contributed by atoms with van der Waals surface area (Å²) >= 11 is 3.42. The minimum Gasteiger partial charge on any atom is -0.353 e. The topological polar surface area (TPSA) is 63.8 Å². The molecule has 0 spiro atoms. The Hall–Kier alpha value is -1.46. The average molecular weight is 307 g/mol. The van der Waals surface area contributed by atoms with E-state index in [1.165, 1.54) is 5.56 Å². The van der Waals surface area contributed by atoms with Gasteiger partial charge in [-0.1, -0.05) is 28.1 Å². The van der Waals surface area contributed by atoms with Gasteiger partial charge >= 0.3 is 0 Å². The van der Waals surface area contributed by atoms with E-state index in [9.17, 15) is 0 Å². The molecule has 0 aliphatic carbocycles. The van der Waals surface area contributed by atoms with Gasteiger partial charge < -0.3 is 11.1 Å². The van der Waals surface area contributed by atoms with Crippen molar-refractivity contribution in [2.75, 3.05) is 18.4 Å². The molecule has 1 aromatic carbocycles. The van der Waals surface area contributed by atoms with Gasteiger partial charge in [0.2, 0.25) is 5.95 Å². The third-order valence-electron chi connectivity index (χ3n) is 2.44. The molecule has 0 saturated heterocycles. The molecule has 4 nitrogen and oxygen atoms in total. The molecule has 1 heterocycles. The lowest BCUT2D eigenvalue weighted by molar-refractivity contribution is 0.964. The maximum Gasteiger partial charge on any atom is 0.222 e. The van der Waals surface area contributed by atoms with Gasteiger partial charge in [0.1, 0.15) is 0 Å². The summed E-state index contributed by atoms with van der Waals surface area (Å²) in [4.78, 5) is 8.59. The number of anilines is 1. The summed E-state index contributed by atoms with van der Waals surface area (Å²) in [5.74, 6) is 0.634. The van der Waals surface area contributed by atoms with Crippen LogP contribution < -0.4 is 11.1 Å². The van der Waals surface area contributed by atoms with Gasteiger partial charge in [0, 0.05) is 30.2 Å². The Morgan fingerprint density at radius 2 is 1.94 bits per heavy atom. The zero-order valence-electron chi connectivity index (χ0n) is 9.94. The first-order valence-electron chi connectivity index (χ1n) is 5.78. The van der Waals surface area contributed by atoms with Crippen molar-refractivity contribution in [2.24, 2.45) is 5.73 Å². The highest BCUT2D eigenvalue weighted by atomic mass is 79.9. The summed E-state index contributed by atoms with van der Waals surface area (Å²) in [6.07, 6.45) is 2.56. The van der Waals surface area contributed by atoms with Gasteiger partial charge in [-0.15, -0.1) is 0 Å². The van der Waals surface area contributed by atoms with Crippen molar-refractivity contribution in [1.29, 1.82) is 0 Å². The van der Waals surface area contributed by atoms with Crippen LogP contribution in [0.15, 0.2) is 41.0 Å². The van der Waals surface area contributed by atoms with Crippen LogP contribution in [0, 0.1) is 0 Å². The zero-order valence-corrected chi connectivity index (χ0v) is 11.5. The van der Waals surface area contributed by atoms with Crippen LogP contribution in [0.4, 0.5) is 5.95 Å². The summed E-state index contributed by atoms with van der Waals surface area (Å²) in [5, 5.41) is 3.07. The monoisotopic (exact) mass is 306 g/mol. The predicted molar refractivity (Wildman–Crippen MR) is 76.5 cm³/mol. The summed E-state index contributed by atoms with van der Waals surface area (Å²) in [5.41, 5.74) is 7.65. The Balaban J connectivity index is 2.06. The molecular formula is C13H15BrN4. The highest BCUT2D eigenvalue weighted by Gasteiger charge is 2.00. The number of hydrogen-bond donors (Lipinski definition) is 2. The van der Waals surface area contributed by atoms with E-state index >= 15 is 0 Å². The molecule has 2 aromatic rings. The normalized spacial score (nSPS) is 10.3. The number of aromatic nitrogens is 2. The number of halogens is 1. The smallest absolute Gasteiger partial charge is 0.222 e. The number of benzene rings is 1. The fourth-order valence-corrected chi connectivity index (χ4v) is 1.84. The Morgan fingerprint density at radius 1 is 1.17 bits per heavy atom. The number of hydrogen-bond acceptors (Lipinski definition) is 4. The lowest BCUT2D eigenvalue weighted by atomic mass is 10.1. The van der Waals surface area contributed by atoms with E-state index in [2.05, 4.69) is 43.3 Å². The van der Waals surface area contributed by atoms with Gasteiger partial charge in [0.05, 0.1) is 5.69 Å². The Labute approximate surface area is 115 Å². The van der Waals surface area contributed by atoms with Crippen LogP contribution in [0.2, 0.25) is 0 Å². The maximum atomic E-state index is 5.43. The SMILES string of the molecule is NCCNc1nccc(Cc2ccc(Br)cc2)n1. The van der Waals surface area contributed by atoms with Crippen LogP contribution in [0.1, 0.15) is 11.3 Å². The molecule has 0 amide bonds. The van der Waals surface area contributed by atoms with Gasteiger partial charge in [0.25, 0.3) is 0 Å². The van der Waals surface area contributed by atoms with Crippen molar-refractivity contribution >= 4 is 21.9 Å². The molecule has 94 valence electrons. The van der Waals surface area contributed by atoms with Crippen molar-refractivity contribution in [3.05, 3.63) is 52.3 Å². The lowest BCUT2D eigenvalue weighted by Gasteiger charge is -2.05. The summed E-state index contributed by atoms with van der Waals surface area (Å²) in [6.45, 7) is 1.25. The zero-order chi connectivity index (χ0) is 12.8. The first kappa shape index (κ1) is 13.0. The molecule has 0 aliphatic rings. The van der Waals surface area contributed by atoms with E-state index < -0.39 is 0 Å². The van der Waals surface area contributed by atoms with Crippen LogP contribution in [0.25, 0.3) is 0 Å². The molecular weight excluding hydrogens is 292 g/mol. The van der Waals surface area contributed by atoms with Gasteiger partial charge in [-0.3, -0.25) is 0 Å². The molecule has 0 unspecified atom stereocenters. The Morgan fingerprint density at radius 3 is 2.67 bits per heavy atom. The molecule has 0 saturated carbocycles. The van der Waals surface area contributed by atoms with E-state index in [-0.39, 0.29) is 0 Å². The summed E-state index contributed by atoms with van der Waals surface area (Å²) in [6, 6.07) is 10.2. The fraction of sp³-hybridized carbons (Fsp3) is 0.231. The third kappa shape index (κ3) is 3.78. The second-order valence-electron chi connectivity index (χ2n) is 3.89. The first-order chi connectivity index (χ1) is 8.78. The molecule has 0 aliphatic heterocycles. The van der Waals surface area contributed by atoms with E-state index in [4.69, 9.17) is 5.73 Å². The number of nitrogens with zero attached hydrogens (tertiary/aromatic N) is 2. The van der Waals surface area contributed by atoms with E-state index in [0.29, 0.717) is 19.0 Å². The summed E-state index contributed by atoms with van der Waals surface area (Å²) in [7, 11) is 0. The van der Waals surface area contributed by atoms with Crippen molar-refractivity contribution in [3.8, 4) is 0 Å². The van der Waals surface area contributed by atoms with Gasteiger partial charge in [-0.05, 0) is 23.8 Å². The van der Waals surface area contributed by atoms with Gasteiger partial charge in [-0.2, -0.15) is 0 Å². The molecule has 0 radical (unpaired) electrons. The van der Waals surface area contributed by atoms with Crippen LogP contribution in [-0.2, 0) is 6.42 Å². The van der Waals surface area contributed by atoms with Gasteiger partial charge in [-0.25, -0.2) is 9.97 Å². The fourth-order valence-electron chi connectivity index (χ4n) is 1.58. The molecule has 5 heteroatoms. The molecule has 3 N–H and O–H groups in total. The Kier molecular flexibility index (Phi) is 4.66.